The van der Waals surface area contributed by atoms with Crippen molar-refractivity contribution in [2.45, 2.75) is 52.6 Å². The van der Waals surface area contributed by atoms with E-state index in [4.69, 9.17) is 11.6 Å². The highest BCUT2D eigenvalue weighted by atomic mass is 35.5. The zero-order valence-electron chi connectivity index (χ0n) is 15.6. The minimum atomic E-state index is -1.08. The lowest BCUT2D eigenvalue weighted by atomic mass is 10.00. The first-order chi connectivity index (χ1) is 12.1. The lowest BCUT2D eigenvalue weighted by Crippen LogP contribution is -2.52. The maximum Gasteiger partial charge on any atom is 0.326 e. The predicted octanol–water partition coefficient (Wildman–Crippen LogP) is 3.10. The van der Waals surface area contributed by atoms with Crippen molar-refractivity contribution in [1.29, 1.82) is 0 Å². The van der Waals surface area contributed by atoms with Gasteiger partial charge in [-0.2, -0.15) is 0 Å². The Morgan fingerprint density at radius 3 is 1.88 bits per heavy atom. The van der Waals surface area contributed by atoms with E-state index in [1.807, 2.05) is 27.7 Å². The van der Waals surface area contributed by atoms with Gasteiger partial charge >= 0.3 is 5.97 Å². The van der Waals surface area contributed by atoms with E-state index in [0.29, 0.717) is 23.4 Å². The van der Waals surface area contributed by atoms with Crippen LogP contribution < -0.4 is 10.6 Å². The number of aliphatic carboxylic acids is 1. The number of carboxylic acid groups (broad SMARTS) is 1. The van der Waals surface area contributed by atoms with Gasteiger partial charge in [0.1, 0.15) is 12.1 Å². The van der Waals surface area contributed by atoms with Gasteiger partial charge in [-0.05, 0) is 48.9 Å². The van der Waals surface area contributed by atoms with E-state index in [-0.39, 0.29) is 11.8 Å². The summed E-state index contributed by atoms with van der Waals surface area (Å²) in [4.78, 5) is 36.4. The number of benzene rings is 1. The van der Waals surface area contributed by atoms with E-state index < -0.39 is 29.9 Å². The Morgan fingerprint density at radius 2 is 1.42 bits per heavy atom. The Morgan fingerprint density at radius 1 is 0.923 bits per heavy atom. The number of carbonyl (C=O) groups excluding carboxylic acids is 2. The van der Waals surface area contributed by atoms with E-state index in [0.717, 1.165) is 0 Å². The van der Waals surface area contributed by atoms with Crippen LogP contribution in [0.4, 0.5) is 0 Å². The van der Waals surface area contributed by atoms with Crippen molar-refractivity contribution in [3.63, 3.8) is 0 Å². The second kappa shape index (κ2) is 10.2. The number of amides is 2. The van der Waals surface area contributed by atoms with Gasteiger partial charge in [0.15, 0.2) is 0 Å². The number of hydrogen-bond acceptors (Lipinski definition) is 3. The van der Waals surface area contributed by atoms with Crippen molar-refractivity contribution < 1.29 is 19.5 Å². The van der Waals surface area contributed by atoms with Crippen LogP contribution in [-0.2, 0) is 9.59 Å². The largest absolute Gasteiger partial charge is 0.480 e. The van der Waals surface area contributed by atoms with Gasteiger partial charge in [-0.15, -0.1) is 0 Å². The second-order valence-corrected chi connectivity index (χ2v) is 7.63. The van der Waals surface area contributed by atoms with E-state index in [2.05, 4.69) is 10.6 Å². The third kappa shape index (κ3) is 7.44. The Bertz CT molecular complexity index is 629. The molecule has 6 nitrogen and oxygen atoms in total. The molecule has 0 bridgehead atoms. The van der Waals surface area contributed by atoms with Crippen LogP contribution in [0.2, 0.25) is 5.02 Å². The van der Waals surface area contributed by atoms with Crippen molar-refractivity contribution >= 4 is 29.4 Å². The van der Waals surface area contributed by atoms with Crippen LogP contribution in [-0.4, -0.2) is 35.0 Å². The Labute approximate surface area is 159 Å². The summed E-state index contributed by atoms with van der Waals surface area (Å²) in [7, 11) is 0. The highest BCUT2D eigenvalue weighted by molar-refractivity contribution is 6.30. The van der Waals surface area contributed by atoms with Gasteiger partial charge in [0.05, 0.1) is 0 Å². The summed E-state index contributed by atoms with van der Waals surface area (Å²) in [6, 6.07) is 4.53. The Balaban J connectivity index is 2.87. The third-order valence-corrected chi connectivity index (χ3v) is 4.01. The van der Waals surface area contributed by atoms with Crippen molar-refractivity contribution in [3.8, 4) is 0 Å². The fourth-order valence-corrected chi connectivity index (χ4v) is 2.64. The summed E-state index contributed by atoms with van der Waals surface area (Å²) < 4.78 is 0. The molecular formula is C19H27ClN2O4. The number of carbonyl (C=O) groups is 3. The zero-order chi connectivity index (χ0) is 19.9. The van der Waals surface area contributed by atoms with Crippen molar-refractivity contribution in [3.05, 3.63) is 34.9 Å². The monoisotopic (exact) mass is 382 g/mol. The van der Waals surface area contributed by atoms with Crippen molar-refractivity contribution in [2.75, 3.05) is 0 Å². The molecular weight excluding hydrogens is 356 g/mol. The van der Waals surface area contributed by atoms with Gasteiger partial charge < -0.3 is 15.7 Å². The molecule has 2 atom stereocenters. The van der Waals surface area contributed by atoms with Crippen LogP contribution in [0.15, 0.2) is 24.3 Å². The number of halogens is 1. The van der Waals surface area contributed by atoms with Crippen LogP contribution in [0.25, 0.3) is 0 Å². The first kappa shape index (κ1) is 22.0. The molecule has 0 radical (unpaired) electrons. The molecule has 0 saturated carbocycles. The topological polar surface area (TPSA) is 95.5 Å². The van der Waals surface area contributed by atoms with Crippen molar-refractivity contribution in [2.24, 2.45) is 11.8 Å². The molecule has 1 aromatic rings. The number of hydrogen-bond donors (Lipinski definition) is 3. The third-order valence-electron chi connectivity index (χ3n) is 3.76. The lowest BCUT2D eigenvalue weighted by Gasteiger charge is -2.23. The van der Waals surface area contributed by atoms with Crippen LogP contribution in [0.5, 0.6) is 0 Å². The summed E-state index contributed by atoms with van der Waals surface area (Å²) in [5, 5.41) is 15.1. The maximum atomic E-state index is 12.6. The molecule has 1 rings (SSSR count). The van der Waals surface area contributed by atoms with Gasteiger partial charge in [-0.3, -0.25) is 9.59 Å². The van der Waals surface area contributed by atoms with Gasteiger partial charge in [0, 0.05) is 10.6 Å². The van der Waals surface area contributed by atoms with Crippen LogP contribution >= 0.6 is 11.6 Å². The average Bonchev–Trinajstić information content (AvgIpc) is 2.53. The smallest absolute Gasteiger partial charge is 0.326 e. The summed E-state index contributed by atoms with van der Waals surface area (Å²) in [5.41, 5.74) is 0.382. The standard InChI is InChI=1S/C19H27ClN2O4/c1-11(2)9-15(18(24)22-16(19(25)26)10-12(3)4)21-17(23)13-5-7-14(20)8-6-13/h5-8,11-12,15-16H,9-10H2,1-4H3,(H,21,23)(H,22,24)(H,25,26)/t15-,16+/m1/s1. The van der Waals surface area contributed by atoms with E-state index in [9.17, 15) is 19.5 Å². The molecule has 0 aliphatic heterocycles. The van der Waals surface area contributed by atoms with E-state index >= 15 is 0 Å². The molecule has 144 valence electrons. The molecule has 3 N–H and O–H groups in total. The molecule has 0 unspecified atom stereocenters. The van der Waals surface area contributed by atoms with Crippen LogP contribution in [0.3, 0.4) is 0 Å². The highest BCUT2D eigenvalue weighted by Crippen LogP contribution is 2.12. The minimum absolute atomic E-state index is 0.114. The van der Waals surface area contributed by atoms with Gasteiger partial charge in [0.2, 0.25) is 5.91 Å². The number of nitrogens with one attached hydrogen (secondary N) is 2. The Kier molecular flexibility index (Phi) is 8.58. The minimum Gasteiger partial charge on any atom is -0.480 e. The molecule has 0 aliphatic carbocycles. The fraction of sp³-hybridized carbons (Fsp3) is 0.526. The van der Waals surface area contributed by atoms with Gasteiger partial charge in [-0.25, -0.2) is 4.79 Å². The SMILES string of the molecule is CC(C)C[C@H](NC(=O)[C@@H](CC(C)C)NC(=O)c1ccc(Cl)cc1)C(=O)O. The summed E-state index contributed by atoms with van der Waals surface area (Å²) in [6.07, 6.45) is 0.722. The Hall–Kier alpha value is -2.08. The number of rotatable bonds is 9. The molecule has 1 aromatic carbocycles. The van der Waals surface area contributed by atoms with Crippen LogP contribution in [0.1, 0.15) is 50.9 Å². The molecule has 7 heteroatoms. The molecule has 0 heterocycles. The van der Waals surface area contributed by atoms with Gasteiger partial charge in [0.25, 0.3) is 5.91 Å². The second-order valence-electron chi connectivity index (χ2n) is 7.19. The zero-order valence-corrected chi connectivity index (χ0v) is 16.3. The van der Waals surface area contributed by atoms with Crippen molar-refractivity contribution in [1.82, 2.24) is 10.6 Å². The fourth-order valence-electron chi connectivity index (χ4n) is 2.51. The quantitative estimate of drug-likeness (QED) is 0.611. The van der Waals surface area contributed by atoms with Crippen LogP contribution in [0, 0.1) is 11.8 Å². The molecule has 0 aliphatic rings. The first-order valence-electron chi connectivity index (χ1n) is 8.69. The summed E-state index contributed by atoms with van der Waals surface area (Å²) in [5.74, 6) is -1.72. The number of carboxylic acids is 1. The molecule has 2 amide bonds. The molecule has 26 heavy (non-hydrogen) atoms. The normalized spacial score (nSPS) is 13.3. The van der Waals surface area contributed by atoms with E-state index in [1.54, 1.807) is 24.3 Å². The van der Waals surface area contributed by atoms with E-state index in [1.165, 1.54) is 0 Å². The molecule has 0 spiro atoms. The first-order valence-corrected chi connectivity index (χ1v) is 9.07. The highest BCUT2D eigenvalue weighted by Gasteiger charge is 2.27. The molecule has 0 fully saturated rings. The van der Waals surface area contributed by atoms with Gasteiger partial charge in [-0.1, -0.05) is 39.3 Å². The molecule has 0 aromatic heterocycles. The predicted molar refractivity (Wildman–Crippen MR) is 101 cm³/mol. The molecule has 0 saturated heterocycles. The summed E-state index contributed by atoms with van der Waals surface area (Å²) >= 11 is 5.82. The maximum absolute atomic E-state index is 12.6. The summed E-state index contributed by atoms with van der Waals surface area (Å²) in [6.45, 7) is 7.63. The lowest BCUT2D eigenvalue weighted by molar-refractivity contribution is -0.142. The average molecular weight is 383 g/mol.